The summed E-state index contributed by atoms with van der Waals surface area (Å²) < 4.78 is 12.4. The summed E-state index contributed by atoms with van der Waals surface area (Å²) in [5.41, 5.74) is 3.79. The zero-order valence-electron chi connectivity index (χ0n) is 19.1. The first-order valence-electron chi connectivity index (χ1n) is 10.5. The van der Waals surface area contributed by atoms with Crippen LogP contribution in [0.15, 0.2) is 54.0 Å². The number of hydrogen-bond donors (Lipinski definition) is 2. The molecule has 8 nitrogen and oxygen atoms in total. The largest absolute Gasteiger partial charge is 0.495 e. The van der Waals surface area contributed by atoms with Crippen LogP contribution >= 0.6 is 11.6 Å². The van der Waals surface area contributed by atoms with Gasteiger partial charge in [-0.1, -0.05) is 49.7 Å². The van der Waals surface area contributed by atoms with Crippen LogP contribution in [0.2, 0.25) is 5.02 Å². The summed E-state index contributed by atoms with van der Waals surface area (Å²) in [5.74, 6) is 1.53. The number of ether oxygens (including phenoxy) is 2. The van der Waals surface area contributed by atoms with E-state index in [1.165, 1.54) is 26.1 Å². The molecule has 0 spiro atoms. The molecule has 172 valence electrons. The summed E-state index contributed by atoms with van der Waals surface area (Å²) in [7, 11) is 3.03. The van der Waals surface area contributed by atoms with Crippen LogP contribution in [0, 0.1) is 0 Å². The van der Waals surface area contributed by atoms with E-state index in [1.807, 2.05) is 19.1 Å². The maximum atomic E-state index is 13.6. The average molecular weight is 468 g/mol. The zero-order chi connectivity index (χ0) is 23.7. The number of fused-ring (bicyclic) bond motifs is 1. The molecule has 33 heavy (non-hydrogen) atoms. The lowest BCUT2D eigenvalue weighted by Gasteiger charge is -2.29. The van der Waals surface area contributed by atoms with Gasteiger partial charge in [0.15, 0.2) is 0 Å². The van der Waals surface area contributed by atoms with Crippen molar-refractivity contribution in [2.45, 2.75) is 32.7 Å². The molecule has 0 saturated heterocycles. The van der Waals surface area contributed by atoms with E-state index < -0.39 is 6.04 Å². The second-order valence-corrected chi connectivity index (χ2v) is 8.46. The van der Waals surface area contributed by atoms with Gasteiger partial charge in [-0.3, -0.25) is 4.79 Å². The van der Waals surface area contributed by atoms with Crippen LogP contribution in [0.3, 0.4) is 0 Å². The normalized spacial score (nSPS) is 15.2. The fraction of sp³-hybridized carbons (Fsp3) is 0.292. The van der Waals surface area contributed by atoms with Gasteiger partial charge in [0.05, 0.1) is 30.5 Å². The van der Waals surface area contributed by atoms with Crippen LogP contribution in [0.25, 0.3) is 0 Å². The van der Waals surface area contributed by atoms with E-state index in [1.54, 1.807) is 16.8 Å². The third-order valence-electron chi connectivity index (χ3n) is 5.68. The van der Waals surface area contributed by atoms with Crippen molar-refractivity contribution in [1.82, 2.24) is 14.8 Å². The van der Waals surface area contributed by atoms with Crippen molar-refractivity contribution in [3.8, 4) is 11.5 Å². The molecule has 1 atom stereocenters. The highest BCUT2D eigenvalue weighted by atomic mass is 35.5. The average Bonchev–Trinajstić information content (AvgIpc) is 3.26. The van der Waals surface area contributed by atoms with Gasteiger partial charge in [0, 0.05) is 17.8 Å². The van der Waals surface area contributed by atoms with E-state index >= 15 is 0 Å². The molecule has 1 aliphatic rings. The standard InChI is InChI=1S/C24H26ClN5O3/c1-13(2)15-6-8-16(9-7-15)22-21(14(3)28-24-26-12-27-30(22)24)23(31)29-18-11-19(32-4)17(25)10-20(18)33-5/h6-13,22H,1-5H3,(H,29,31)(H,26,27,28). The predicted octanol–water partition coefficient (Wildman–Crippen LogP) is 5.00. The summed E-state index contributed by atoms with van der Waals surface area (Å²) in [4.78, 5) is 17.9. The second kappa shape index (κ2) is 9.15. The number of rotatable bonds is 6. The van der Waals surface area contributed by atoms with Crippen molar-refractivity contribution in [2.24, 2.45) is 0 Å². The summed E-state index contributed by atoms with van der Waals surface area (Å²) in [6.45, 7) is 6.14. The summed E-state index contributed by atoms with van der Waals surface area (Å²) >= 11 is 6.21. The number of aromatic nitrogens is 3. The highest BCUT2D eigenvalue weighted by Gasteiger charge is 2.33. The molecule has 0 radical (unpaired) electrons. The van der Waals surface area contributed by atoms with Crippen molar-refractivity contribution in [3.63, 3.8) is 0 Å². The van der Waals surface area contributed by atoms with E-state index in [-0.39, 0.29) is 5.91 Å². The Bertz CT molecular complexity index is 1220. The fourth-order valence-electron chi connectivity index (χ4n) is 3.90. The second-order valence-electron chi connectivity index (χ2n) is 8.06. The molecule has 2 heterocycles. The summed E-state index contributed by atoms with van der Waals surface area (Å²) in [5, 5.41) is 10.9. The minimum absolute atomic E-state index is 0.304. The number of hydrogen-bond acceptors (Lipinski definition) is 6. The quantitative estimate of drug-likeness (QED) is 0.530. The molecule has 3 aromatic rings. The highest BCUT2D eigenvalue weighted by molar-refractivity contribution is 6.32. The topological polar surface area (TPSA) is 90.3 Å². The zero-order valence-corrected chi connectivity index (χ0v) is 19.9. The van der Waals surface area contributed by atoms with Gasteiger partial charge in [-0.2, -0.15) is 10.1 Å². The molecule has 9 heteroatoms. The Labute approximate surface area is 197 Å². The van der Waals surface area contributed by atoms with E-state index in [0.29, 0.717) is 45.3 Å². The van der Waals surface area contributed by atoms with Gasteiger partial charge in [0.25, 0.3) is 5.91 Å². The molecule has 1 unspecified atom stereocenters. The maximum Gasteiger partial charge on any atom is 0.255 e. The molecule has 0 aliphatic carbocycles. The minimum atomic E-state index is -0.454. The number of benzene rings is 2. The minimum Gasteiger partial charge on any atom is -0.495 e. The third-order valence-corrected chi connectivity index (χ3v) is 5.98. The molecular formula is C24H26ClN5O3. The lowest BCUT2D eigenvalue weighted by Crippen LogP contribution is -2.31. The number of anilines is 2. The van der Waals surface area contributed by atoms with Crippen LogP contribution in [0.1, 0.15) is 43.9 Å². The van der Waals surface area contributed by atoms with Crippen LogP contribution in [-0.2, 0) is 4.79 Å². The molecule has 2 aromatic carbocycles. The number of nitrogens with one attached hydrogen (secondary N) is 2. The van der Waals surface area contributed by atoms with Gasteiger partial charge in [0.2, 0.25) is 5.95 Å². The Morgan fingerprint density at radius 3 is 2.48 bits per heavy atom. The van der Waals surface area contributed by atoms with E-state index in [0.717, 1.165) is 5.56 Å². The molecule has 0 fully saturated rings. The summed E-state index contributed by atoms with van der Waals surface area (Å²) in [6, 6.07) is 11.0. The number of nitrogens with zero attached hydrogens (tertiary/aromatic N) is 3. The van der Waals surface area contributed by atoms with Crippen LogP contribution in [0.4, 0.5) is 11.6 Å². The molecular weight excluding hydrogens is 442 g/mol. The van der Waals surface area contributed by atoms with Crippen molar-refractivity contribution in [1.29, 1.82) is 0 Å². The maximum absolute atomic E-state index is 13.6. The van der Waals surface area contributed by atoms with Gasteiger partial charge in [-0.15, -0.1) is 0 Å². The third kappa shape index (κ3) is 4.26. The fourth-order valence-corrected chi connectivity index (χ4v) is 4.14. The number of methoxy groups -OCH3 is 2. The first-order valence-corrected chi connectivity index (χ1v) is 10.9. The molecule has 1 aliphatic heterocycles. The number of amides is 1. The van der Waals surface area contributed by atoms with E-state index in [4.69, 9.17) is 21.1 Å². The Hall–Kier alpha value is -3.52. The van der Waals surface area contributed by atoms with Crippen molar-refractivity contribution in [2.75, 3.05) is 24.9 Å². The number of carbonyl (C=O) groups is 1. The van der Waals surface area contributed by atoms with Gasteiger partial charge >= 0.3 is 0 Å². The van der Waals surface area contributed by atoms with Crippen molar-refractivity contribution < 1.29 is 14.3 Å². The molecule has 2 N–H and O–H groups in total. The van der Waals surface area contributed by atoms with Crippen LogP contribution < -0.4 is 20.1 Å². The predicted molar refractivity (Wildman–Crippen MR) is 128 cm³/mol. The van der Waals surface area contributed by atoms with Crippen molar-refractivity contribution in [3.05, 3.63) is 70.1 Å². The molecule has 1 amide bonds. The Morgan fingerprint density at radius 2 is 1.85 bits per heavy atom. The number of carbonyl (C=O) groups excluding carboxylic acids is 1. The lowest BCUT2D eigenvalue weighted by atomic mass is 9.92. The molecule has 1 aromatic heterocycles. The van der Waals surface area contributed by atoms with Crippen LogP contribution in [0.5, 0.6) is 11.5 Å². The first-order chi connectivity index (χ1) is 15.8. The summed E-state index contributed by atoms with van der Waals surface area (Å²) in [6.07, 6.45) is 1.47. The van der Waals surface area contributed by atoms with E-state index in [9.17, 15) is 4.79 Å². The lowest BCUT2D eigenvalue weighted by molar-refractivity contribution is -0.113. The molecule has 0 bridgehead atoms. The highest BCUT2D eigenvalue weighted by Crippen LogP contribution is 2.39. The Balaban J connectivity index is 1.75. The Morgan fingerprint density at radius 1 is 1.15 bits per heavy atom. The van der Waals surface area contributed by atoms with Crippen LogP contribution in [-0.4, -0.2) is 34.9 Å². The smallest absolute Gasteiger partial charge is 0.255 e. The molecule has 4 rings (SSSR count). The van der Waals surface area contributed by atoms with Crippen molar-refractivity contribution >= 4 is 29.1 Å². The molecule has 0 saturated carbocycles. The van der Waals surface area contributed by atoms with Gasteiger partial charge < -0.3 is 20.1 Å². The van der Waals surface area contributed by atoms with Gasteiger partial charge in [0.1, 0.15) is 23.9 Å². The Kier molecular flexibility index (Phi) is 6.29. The van der Waals surface area contributed by atoms with Gasteiger partial charge in [-0.05, 0) is 24.0 Å². The SMILES string of the molecule is COc1cc(NC(=O)C2=C(C)Nc3ncnn3C2c2ccc(C(C)C)cc2)c(OC)cc1Cl. The van der Waals surface area contributed by atoms with E-state index in [2.05, 4.69) is 46.7 Å². The monoisotopic (exact) mass is 467 g/mol. The first kappa shape index (κ1) is 22.7. The number of halogens is 1. The van der Waals surface area contributed by atoms with Gasteiger partial charge in [-0.25, -0.2) is 4.68 Å². The number of allylic oxidation sites excluding steroid dienone is 1.